The van der Waals surface area contributed by atoms with Gasteiger partial charge in [-0.25, -0.2) is 9.97 Å². The summed E-state index contributed by atoms with van der Waals surface area (Å²) in [5.74, 6) is 1.59. The van der Waals surface area contributed by atoms with Gasteiger partial charge in [0.15, 0.2) is 5.65 Å². The molecule has 1 fully saturated rings. The molecule has 1 aliphatic heterocycles. The van der Waals surface area contributed by atoms with Crippen molar-refractivity contribution in [3.8, 4) is 0 Å². The molecule has 2 N–H and O–H groups in total. The summed E-state index contributed by atoms with van der Waals surface area (Å²) in [4.78, 5) is 10.9. The van der Waals surface area contributed by atoms with Crippen LogP contribution in [0.15, 0.2) is 6.20 Å². The number of aromatic amines is 1. The molecular formula is C11H15N5O. The minimum Gasteiger partial charge on any atom is -0.391 e. The van der Waals surface area contributed by atoms with E-state index in [1.807, 2.05) is 6.92 Å². The number of hydrogen-bond donors (Lipinski definition) is 2. The maximum absolute atomic E-state index is 9.72. The highest BCUT2D eigenvalue weighted by Crippen LogP contribution is 2.25. The van der Waals surface area contributed by atoms with E-state index >= 15 is 0 Å². The molecule has 3 rings (SSSR count). The van der Waals surface area contributed by atoms with E-state index in [0.717, 1.165) is 42.1 Å². The summed E-state index contributed by atoms with van der Waals surface area (Å²) in [6.07, 6.45) is 3.34. The summed E-state index contributed by atoms with van der Waals surface area (Å²) in [6, 6.07) is 0. The van der Waals surface area contributed by atoms with E-state index in [4.69, 9.17) is 0 Å². The number of nitrogens with one attached hydrogen (secondary N) is 1. The Kier molecular flexibility index (Phi) is 2.44. The first-order valence-corrected chi connectivity index (χ1v) is 5.85. The van der Waals surface area contributed by atoms with Crippen molar-refractivity contribution in [3.05, 3.63) is 12.0 Å². The second-order valence-corrected chi connectivity index (χ2v) is 4.47. The fraction of sp³-hybridized carbons (Fsp3) is 0.545. The molecule has 6 nitrogen and oxygen atoms in total. The van der Waals surface area contributed by atoms with Gasteiger partial charge in [0.25, 0.3) is 0 Å². The molecule has 0 amide bonds. The number of nitrogens with zero attached hydrogens (tertiary/aromatic N) is 4. The van der Waals surface area contributed by atoms with E-state index in [1.54, 1.807) is 6.20 Å². The Morgan fingerprint density at radius 1 is 1.47 bits per heavy atom. The monoisotopic (exact) mass is 233 g/mol. The maximum atomic E-state index is 9.72. The molecule has 0 saturated carbocycles. The van der Waals surface area contributed by atoms with Gasteiger partial charge in [-0.3, -0.25) is 5.10 Å². The van der Waals surface area contributed by atoms with Gasteiger partial charge in [-0.05, 0) is 19.8 Å². The van der Waals surface area contributed by atoms with Crippen molar-refractivity contribution in [2.45, 2.75) is 25.9 Å². The molecule has 0 spiro atoms. The van der Waals surface area contributed by atoms with Crippen molar-refractivity contribution in [1.82, 2.24) is 20.2 Å². The Morgan fingerprint density at radius 3 is 3.18 bits per heavy atom. The van der Waals surface area contributed by atoms with Crippen LogP contribution >= 0.6 is 0 Å². The average Bonchev–Trinajstić information content (AvgIpc) is 2.75. The molecule has 0 radical (unpaired) electrons. The lowest BCUT2D eigenvalue weighted by molar-refractivity contribution is 0.154. The molecule has 90 valence electrons. The molecule has 1 atom stereocenters. The average molecular weight is 233 g/mol. The van der Waals surface area contributed by atoms with Crippen LogP contribution in [0.25, 0.3) is 11.0 Å². The quantitative estimate of drug-likeness (QED) is 0.755. The summed E-state index contributed by atoms with van der Waals surface area (Å²) in [5.41, 5.74) is 0.757. The molecule has 0 aromatic carbocycles. The summed E-state index contributed by atoms with van der Waals surface area (Å²) in [7, 11) is 0. The molecule has 3 heterocycles. The van der Waals surface area contributed by atoms with Gasteiger partial charge in [-0.2, -0.15) is 5.10 Å². The highest BCUT2D eigenvalue weighted by atomic mass is 16.3. The Labute approximate surface area is 98.7 Å². The third kappa shape index (κ3) is 1.84. The number of anilines is 1. The van der Waals surface area contributed by atoms with Gasteiger partial charge in [-0.15, -0.1) is 0 Å². The van der Waals surface area contributed by atoms with Crippen LogP contribution in [0.4, 0.5) is 5.82 Å². The SMILES string of the molecule is Cc1nc(N2CCCC(O)C2)c2cn[nH]c2n1. The van der Waals surface area contributed by atoms with E-state index in [0.29, 0.717) is 6.54 Å². The third-order valence-corrected chi connectivity index (χ3v) is 3.10. The van der Waals surface area contributed by atoms with E-state index in [9.17, 15) is 5.11 Å². The van der Waals surface area contributed by atoms with Crippen LogP contribution in [-0.4, -0.2) is 44.5 Å². The fourth-order valence-corrected chi connectivity index (χ4v) is 2.32. The summed E-state index contributed by atoms with van der Waals surface area (Å²) in [5, 5.41) is 17.5. The number of rotatable bonds is 1. The molecule has 0 bridgehead atoms. The second-order valence-electron chi connectivity index (χ2n) is 4.47. The summed E-state index contributed by atoms with van der Waals surface area (Å²) >= 11 is 0. The second kappa shape index (κ2) is 3.96. The van der Waals surface area contributed by atoms with Crippen LogP contribution in [0.2, 0.25) is 0 Å². The number of aliphatic hydroxyl groups excluding tert-OH is 1. The van der Waals surface area contributed by atoms with Crippen molar-refractivity contribution in [2.24, 2.45) is 0 Å². The van der Waals surface area contributed by atoms with Crippen LogP contribution in [0.1, 0.15) is 18.7 Å². The lowest BCUT2D eigenvalue weighted by Crippen LogP contribution is -2.38. The Balaban J connectivity index is 2.06. The lowest BCUT2D eigenvalue weighted by atomic mass is 10.1. The van der Waals surface area contributed by atoms with E-state index in [2.05, 4.69) is 25.1 Å². The molecule has 17 heavy (non-hydrogen) atoms. The minimum atomic E-state index is -0.263. The Bertz CT molecular complexity index is 538. The number of piperidine rings is 1. The highest BCUT2D eigenvalue weighted by Gasteiger charge is 2.21. The van der Waals surface area contributed by atoms with Gasteiger partial charge in [0.2, 0.25) is 0 Å². The van der Waals surface area contributed by atoms with Crippen LogP contribution < -0.4 is 4.90 Å². The van der Waals surface area contributed by atoms with Gasteiger partial charge >= 0.3 is 0 Å². The van der Waals surface area contributed by atoms with E-state index in [-0.39, 0.29) is 6.10 Å². The lowest BCUT2D eigenvalue weighted by Gasteiger charge is -2.31. The predicted molar refractivity (Wildman–Crippen MR) is 63.9 cm³/mol. The van der Waals surface area contributed by atoms with Gasteiger partial charge in [0.1, 0.15) is 11.6 Å². The van der Waals surface area contributed by atoms with Crippen LogP contribution in [0.3, 0.4) is 0 Å². The van der Waals surface area contributed by atoms with Gasteiger partial charge in [-0.1, -0.05) is 0 Å². The zero-order valence-corrected chi connectivity index (χ0v) is 9.72. The predicted octanol–water partition coefficient (Wildman–Crippen LogP) is 0.622. The van der Waals surface area contributed by atoms with Crippen LogP contribution in [-0.2, 0) is 0 Å². The van der Waals surface area contributed by atoms with Crippen LogP contribution in [0, 0.1) is 6.92 Å². The summed E-state index contributed by atoms with van der Waals surface area (Å²) in [6.45, 7) is 3.43. The fourth-order valence-electron chi connectivity index (χ4n) is 2.32. The molecule has 0 aliphatic carbocycles. The van der Waals surface area contributed by atoms with Crippen molar-refractivity contribution in [2.75, 3.05) is 18.0 Å². The smallest absolute Gasteiger partial charge is 0.161 e. The number of aliphatic hydroxyl groups is 1. The number of H-pyrrole nitrogens is 1. The zero-order valence-electron chi connectivity index (χ0n) is 9.72. The van der Waals surface area contributed by atoms with Crippen molar-refractivity contribution >= 4 is 16.9 Å². The van der Waals surface area contributed by atoms with E-state index < -0.39 is 0 Å². The van der Waals surface area contributed by atoms with Crippen LogP contribution in [0.5, 0.6) is 0 Å². The zero-order chi connectivity index (χ0) is 11.8. The largest absolute Gasteiger partial charge is 0.391 e. The summed E-state index contributed by atoms with van der Waals surface area (Å²) < 4.78 is 0. The Hall–Kier alpha value is -1.69. The number of fused-ring (bicyclic) bond motifs is 1. The first-order chi connectivity index (χ1) is 8.24. The number of hydrogen-bond acceptors (Lipinski definition) is 5. The molecule has 2 aromatic rings. The van der Waals surface area contributed by atoms with Crippen molar-refractivity contribution in [1.29, 1.82) is 0 Å². The topological polar surface area (TPSA) is 77.9 Å². The maximum Gasteiger partial charge on any atom is 0.161 e. The Morgan fingerprint density at radius 2 is 2.35 bits per heavy atom. The van der Waals surface area contributed by atoms with Crippen molar-refractivity contribution < 1.29 is 5.11 Å². The van der Waals surface area contributed by atoms with Gasteiger partial charge in [0.05, 0.1) is 17.7 Å². The standard InChI is InChI=1S/C11H15N5O/c1-7-13-10-9(5-12-15-10)11(14-7)16-4-2-3-8(17)6-16/h5,8,17H,2-4,6H2,1H3,(H,12,13,14,15). The highest BCUT2D eigenvalue weighted by molar-refractivity contribution is 5.86. The van der Waals surface area contributed by atoms with E-state index in [1.165, 1.54) is 0 Å². The number of aryl methyl sites for hydroxylation is 1. The normalized spacial score (nSPS) is 21.1. The molecular weight excluding hydrogens is 218 g/mol. The van der Waals surface area contributed by atoms with Crippen molar-refractivity contribution in [3.63, 3.8) is 0 Å². The molecule has 6 heteroatoms. The molecule has 2 aromatic heterocycles. The number of aromatic nitrogens is 4. The van der Waals surface area contributed by atoms with Gasteiger partial charge < -0.3 is 10.0 Å². The molecule has 1 aliphatic rings. The number of β-amino-alcohol motifs (C(OH)–C–C–N with tert-alkyl or cyclic N) is 1. The molecule has 1 saturated heterocycles. The minimum absolute atomic E-state index is 0.263. The first-order valence-electron chi connectivity index (χ1n) is 5.85. The molecule has 1 unspecified atom stereocenters. The third-order valence-electron chi connectivity index (χ3n) is 3.10. The first kappa shape index (κ1) is 10.5. The van der Waals surface area contributed by atoms with Gasteiger partial charge in [0, 0.05) is 13.1 Å².